The van der Waals surface area contributed by atoms with Crippen molar-refractivity contribution in [1.82, 2.24) is 34.7 Å². The Hall–Kier alpha value is -5.01. The molecule has 6 aromatic rings. The smallest absolute Gasteiger partial charge is 0.259 e. The minimum absolute atomic E-state index is 0.121. The Morgan fingerprint density at radius 2 is 2.03 bits per heavy atom. The second kappa shape index (κ2) is 9.46. The van der Waals surface area contributed by atoms with Crippen LogP contribution in [0.25, 0.3) is 27.0 Å². The molecule has 0 aliphatic heterocycles. The lowest BCUT2D eigenvalue weighted by Crippen LogP contribution is -2.28. The molecule has 1 atom stereocenters. The van der Waals surface area contributed by atoms with E-state index in [0.717, 1.165) is 38.2 Å². The SMILES string of the molecule is C[C@@H](NC(=O)c1c(N)nn2cccnc12)c1nc2scc(C#Cc3cnn(C)c3)c2cc1-c1ccccc1. The molecule has 0 aliphatic rings. The molecule has 0 aliphatic carbocycles. The third-order valence-electron chi connectivity index (χ3n) is 6.13. The number of nitrogens with two attached hydrogens (primary N) is 1. The van der Waals surface area contributed by atoms with Crippen LogP contribution in [0.1, 0.15) is 40.1 Å². The number of hydrogen-bond acceptors (Lipinski definition) is 7. The first-order valence-electron chi connectivity index (χ1n) is 11.9. The molecule has 1 aromatic carbocycles. The topological polar surface area (TPSA) is 116 Å². The van der Waals surface area contributed by atoms with E-state index in [1.807, 2.05) is 55.9 Å². The number of nitrogens with zero attached hydrogens (tertiary/aromatic N) is 6. The quantitative estimate of drug-likeness (QED) is 0.338. The highest BCUT2D eigenvalue weighted by atomic mass is 32.1. The Labute approximate surface area is 222 Å². The summed E-state index contributed by atoms with van der Waals surface area (Å²) in [5, 5.41) is 14.4. The van der Waals surface area contributed by atoms with Gasteiger partial charge in [-0.3, -0.25) is 9.48 Å². The number of aromatic nitrogens is 6. The zero-order valence-corrected chi connectivity index (χ0v) is 21.4. The summed E-state index contributed by atoms with van der Waals surface area (Å²) in [7, 11) is 1.86. The third kappa shape index (κ3) is 4.25. The standard InChI is InChI=1S/C28H22N8OS/c1-17(32-27(37)23-25(29)34-36-12-6-11-30-26(23)36)24-21(19-7-4-3-5-8-19)13-22-20(16-38-28(22)33-24)10-9-18-14-31-35(2)15-18/h3-8,11-17H,1-2H3,(H2,29,34)(H,32,37)/t17-/m1/s1. The number of benzene rings is 1. The second-order valence-electron chi connectivity index (χ2n) is 8.79. The number of nitrogen functional groups attached to an aromatic ring is 1. The fourth-order valence-electron chi connectivity index (χ4n) is 4.33. The molecule has 1 amide bonds. The molecule has 0 unspecified atom stereocenters. The molecule has 0 bridgehead atoms. The number of pyridine rings is 1. The maximum Gasteiger partial charge on any atom is 0.259 e. The van der Waals surface area contributed by atoms with E-state index < -0.39 is 6.04 Å². The molecule has 9 nitrogen and oxygen atoms in total. The van der Waals surface area contributed by atoms with Crippen molar-refractivity contribution < 1.29 is 4.79 Å². The minimum atomic E-state index is -0.424. The number of anilines is 1. The summed E-state index contributed by atoms with van der Waals surface area (Å²) in [6.45, 7) is 1.91. The monoisotopic (exact) mass is 518 g/mol. The lowest BCUT2D eigenvalue weighted by molar-refractivity contribution is 0.0941. The Bertz CT molecular complexity index is 1870. The molecule has 0 fully saturated rings. The van der Waals surface area contributed by atoms with Crippen LogP contribution in [0.15, 0.2) is 72.6 Å². The molecule has 6 rings (SSSR count). The zero-order chi connectivity index (χ0) is 26.2. The van der Waals surface area contributed by atoms with Crippen LogP contribution in [0.2, 0.25) is 0 Å². The highest BCUT2D eigenvalue weighted by molar-refractivity contribution is 7.17. The summed E-state index contributed by atoms with van der Waals surface area (Å²) in [6, 6.07) is 13.4. The van der Waals surface area contributed by atoms with Gasteiger partial charge in [-0.15, -0.1) is 16.4 Å². The first-order chi connectivity index (χ1) is 18.5. The first-order valence-corrected chi connectivity index (χ1v) is 12.7. The van der Waals surface area contributed by atoms with Gasteiger partial charge in [-0.05, 0) is 24.6 Å². The molecule has 186 valence electrons. The molecule has 3 N–H and O–H groups in total. The van der Waals surface area contributed by atoms with E-state index in [2.05, 4.69) is 38.4 Å². The highest BCUT2D eigenvalue weighted by Gasteiger charge is 2.24. The van der Waals surface area contributed by atoms with Gasteiger partial charge in [0.25, 0.3) is 5.91 Å². The van der Waals surface area contributed by atoms with Gasteiger partial charge in [0.1, 0.15) is 10.4 Å². The van der Waals surface area contributed by atoms with Crippen LogP contribution >= 0.6 is 11.3 Å². The Balaban J connectivity index is 1.40. The number of nitrogens with one attached hydrogen (secondary N) is 1. The fraction of sp³-hybridized carbons (Fsp3) is 0.107. The number of carbonyl (C=O) groups excluding carboxylic acids is 1. The minimum Gasteiger partial charge on any atom is -0.381 e. The van der Waals surface area contributed by atoms with Crippen LogP contribution in [-0.2, 0) is 7.05 Å². The third-order valence-corrected chi connectivity index (χ3v) is 7.02. The number of carbonyl (C=O) groups is 1. The summed E-state index contributed by atoms with van der Waals surface area (Å²) < 4.78 is 3.22. The van der Waals surface area contributed by atoms with Crippen molar-refractivity contribution in [2.24, 2.45) is 7.05 Å². The number of aryl methyl sites for hydroxylation is 1. The maximum atomic E-state index is 13.3. The van der Waals surface area contributed by atoms with E-state index in [1.54, 1.807) is 29.3 Å². The summed E-state index contributed by atoms with van der Waals surface area (Å²) in [4.78, 5) is 23.5. The number of rotatable bonds is 4. The molecule has 0 spiro atoms. The molecule has 5 heterocycles. The van der Waals surface area contributed by atoms with Gasteiger partial charge in [-0.2, -0.15) is 5.10 Å². The molecular weight excluding hydrogens is 496 g/mol. The molecule has 10 heteroatoms. The molecule has 0 saturated carbocycles. The van der Waals surface area contributed by atoms with Gasteiger partial charge in [0.2, 0.25) is 0 Å². The predicted molar refractivity (Wildman–Crippen MR) is 148 cm³/mol. The van der Waals surface area contributed by atoms with Crippen molar-refractivity contribution in [3.8, 4) is 23.0 Å². The molecule has 0 saturated heterocycles. The average molecular weight is 519 g/mol. The number of amides is 1. The molecule has 5 aromatic heterocycles. The summed E-state index contributed by atoms with van der Waals surface area (Å²) >= 11 is 1.52. The number of hydrogen-bond donors (Lipinski definition) is 2. The van der Waals surface area contributed by atoms with E-state index in [0.29, 0.717) is 5.65 Å². The lowest BCUT2D eigenvalue weighted by Gasteiger charge is -2.18. The zero-order valence-electron chi connectivity index (χ0n) is 20.6. The van der Waals surface area contributed by atoms with E-state index in [1.165, 1.54) is 15.9 Å². The molecule has 0 radical (unpaired) electrons. The highest BCUT2D eigenvalue weighted by Crippen LogP contribution is 2.34. The van der Waals surface area contributed by atoms with Crippen LogP contribution in [-0.4, -0.2) is 35.3 Å². The van der Waals surface area contributed by atoms with Crippen molar-refractivity contribution in [2.75, 3.05) is 5.73 Å². The number of fused-ring (bicyclic) bond motifs is 2. The normalized spacial score (nSPS) is 11.8. The Morgan fingerprint density at radius 1 is 1.18 bits per heavy atom. The predicted octanol–water partition coefficient (Wildman–Crippen LogP) is 4.21. The fourth-order valence-corrected chi connectivity index (χ4v) is 5.19. The van der Waals surface area contributed by atoms with Crippen LogP contribution < -0.4 is 11.1 Å². The van der Waals surface area contributed by atoms with E-state index in [9.17, 15) is 4.79 Å². The van der Waals surface area contributed by atoms with Gasteiger partial charge in [-0.25, -0.2) is 14.5 Å². The Morgan fingerprint density at radius 3 is 2.82 bits per heavy atom. The van der Waals surface area contributed by atoms with Crippen LogP contribution in [0.3, 0.4) is 0 Å². The lowest BCUT2D eigenvalue weighted by atomic mass is 9.98. The van der Waals surface area contributed by atoms with Crippen LogP contribution in [0, 0.1) is 11.8 Å². The van der Waals surface area contributed by atoms with Crippen molar-refractivity contribution in [3.63, 3.8) is 0 Å². The largest absolute Gasteiger partial charge is 0.381 e. The van der Waals surface area contributed by atoms with Crippen molar-refractivity contribution in [1.29, 1.82) is 0 Å². The van der Waals surface area contributed by atoms with Gasteiger partial charge < -0.3 is 11.1 Å². The number of thiophene rings is 1. The van der Waals surface area contributed by atoms with E-state index >= 15 is 0 Å². The summed E-state index contributed by atoms with van der Waals surface area (Å²) in [5.74, 6) is 6.21. The van der Waals surface area contributed by atoms with Gasteiger partial charge >= 0.3 is 0 Å². The van der Waals surface area contributed by atoms with Crippen LogP contribution in [0.5, 0.6) is 0 Å². The second-order valence-corrected chi connectivity index (χ2v) is 9.64. The molecular formula is C28H22N8OS. The Kier molecular flexibility index (Phi) is 5.82. The summed E-state index contributed by atoms with van der Waals surface area (Å²) in [6.07, 6.45) is 6.92. The maximum absolute atomic E-state index is 13.3. The average Bonchev–Trinajstić information content (AvgIpc) is 3.62. The van der Waals surface area contributed by atoms with Crippen molar-refractivity contribution >= 4 is 38.9 Å². The first kappa shape index (κ1) is 23.4. The van der Waals surface area contributed by atoms with Gasteiger partial charge in [0.05, 0.1) is 23.5 Å². The molecule has 38 heavy (non-hydrogen) atoms. The van der Waals surface area contributed by atoms with Crippen molar-refractivity contribution in [3.05, 3.63) is 95.0 Å². The van der Waals surface area contributed by atoms with E-state index in [-0.39, 0.29) is 17.3 Å². The van der Waals surface area contributed by atoms with Crippen LogP contribution in [0.4, 0.5) is 5.82 Å². The van der Waals surface area contributed by atoms with Gasteiger partial charge in [0.15, 0.2) is 11.5 Å². The van der Waals surface area contributed by atoms with Gasteiger partial charge in [-0.1, -0.05) is 42.2 Å². The van der Waals surface area contributed by atoms with Crippen molar-refractivity contribution in [2.45, 2.75) is 13.0 Å². The van der Waals surface area contributed by atoms with E-state index in [4.69, 9.17) is 10.7 Å². The summed E-state index contributed by atoms with van der Waals surface area (Å²) in [5.41, 5.74) is 11.1. The van der Waals surface area contributed by atoms with Gasteiger partial charge in [0, 0.05) is 47.5 Å².